The number of aromatic nitrogens is 2. The van der Waals surface area contributed by atoms with Crippen LogP contribution in [0.4, 0.5) is 4.39 Å². The highest BCUT2D eigenvalue weighted by Gasteiger charge is 2.40. The molecule has 18 heavy (non-hydrogen) atoms. The van der Waals surface area contributed by atoms with Crippen molar-refractivity contribution in [2.45, 2.75) is 24.7 Å². The van der Waals surface area contributed by atoms with E-state index in [2.05, 4.69) is 9.97 Å². The Balaban J connectivity index is 1.91. The summed E-state index contributed by atoms with van der Waals surface area (Å²) in [4.78, 5) is 7.62. The number of halogens is 1. The Morgan fingerprint density at radius 3 is 2.56 bits per heavy atom. The minimum Gasteiger partial charge on any atom is -0.395 e. The molecule has 0 saturated heterocycles. The van der Waals surface area contributed by atoms with Crippen molar-refractivity contribution >= 4 is 0 Å². The maximum Gasteiger partial charge on any atom is 0.123 e. The molecule has 1 aliphatic rings. The second-order valence-electron chi connectivity index (χ2n) is 4.94. The Hall–Kier alpha value is -1.68. The monoisotopic (exact) mass is 246 g/mol. The van der Waals surface area contributed by atoms with Crippen molar-refractivity contribution in [2.24, 2.45) is 0 Å². The third kappa shape index (κ3) is 1.73. The Morgan fingerprint density at radius 1 is 1.28 bits per heavy atom. The van der Waals surface area contributed by atoms with Gasteiger partial charge in [0.05, 0.1) is 23.9 Å². The number of aliphatic hydroxyl groups is 1. The maximum absolute atomic E-state index is 12.9. The molecular formula is C14H15FN2O. The number of nitrogens with one attached hydrogen (secondary N) is 1. The number of benzene rings is 1. The van der Waals surface area contributed by atoms with Crippen LogP contribution in [-0.2, 0) is 5.41 Å². The van der Waals surface area contributed by atoms with Crippen molar-refractivity contribution in [3.63, 3.8) is 0 Å². The van der Waals surface area contributed by atoms with Crippen molar-refractivity contribution in [1.82, 2.24) is 9.97 Å². The van der Waals surface area contributed by atoms with Gasteiger partial charge in [-0.25, -0.2) is 9.37 Å². The molecule has 2 N–H and O–H groups in total. The zero-order valence-electron chi connectivity index (χ0n) is 9.99. The molecule has 0 atom stereocenters. The zero-order valence-corrected chi connectivity index (χ0v) is 9.99. The van der Waals surface area contributed by atoms with Gasteiger partial charge < -0.3 is 10.1 Å². The van der Waals surface area contributed by atoms with Gasteiger partial charge in [-0.3, -0.25) is 0 Å². The summed E-state index contributed by atoms with van der Waals surface area (Å²) in [7, 11) is 0. The van der Waals surface area contributed by atoms with Crippen LogP contribution in [-0.4, -0.2) is 21.7 Å². The van der Waals surface area contributed by atoms with Crippen LogP contribution in [0.25, 0.3) is 11.3 Å². The Labute approximate surface area is 105 Å². The Kier molecular flexibility index (Phi) is 2.67. The lowest BCUT2D eigenvalue weighted by Crippen LogP contribution is -2.39. The fourth-order valence-electron chi connectivity index (χ4n) is 2.44. The lowest BCUT2D eigenvalue weighted by molar-refractivity contribution is 0.113. The second-order valence-corrected chi connectivity index (χ2v) is 4.94. The SMILES string of the molecule is OCC1(c2ncc(-c3ccc(F)cc3)[nH]2)CCC1. The van der Waals surface area contributed by atoms with Gasteiger partial charge in [-0.15, -0.1) is 0 Å². The molecule has 0 aliphatic heterocycles. The molecule has 1 aliphatic carbocycles. The highest BCUT2D eigenvalue weighted by atomic mass is 19.1. The van der Waals surface area contributed by atoms with E-state index in [1.807, 2.05) is 0 Å². The van der Waals surface area contributed by atoms with Crippen LogP contribution < -0.4 is 0 Å². The topological polar surface area (TPSA) is 48.9 Å². The summed E-state index contributed by atoms with van der Waals surface area (Å²) in [5.74, 6) is 0.597. The molecule has 94 valence electrons. The van der Waals surface area contributed by atoms with Gasteiger partial charge in [0.2, 0.25) is 0 Å². The summed E-state index contributed by atoms with van der Waals surface area (Å²) in [6.45, 7) is 0.128. The van der Waals surface area contributed by atoms with E-state index < -0.39 is 0 Å². The molecule has 4 heteroatoms. The Bertz CT molecular complexity index is 538. The highest BCUT2D eigenvalue weighted by molar-refractivity contribution is 5.58. The van der Waals surface area contributed by atoms with Gasteiger partial charge in [0.15, 0.2) is 0 Å². The van der Waals surface area contributed by atoms with E-state index in [1.54, 1.807) is 18.3 Å². The molecule has 0 radical (unpaired) electrons. The summed E-state index contributed by atoms with van der Waals surface area (Å²) >= 11 is 0. The van der Waals surface area contributed by atoms with Crippen molar-refractivity contribution < 1.29 is 9.50 Å². The van der Waals surface area contributed by atoms with Gasteiger partial charge in [0.1, 0.15) is 11.6 Å². The second kappa shape index (κ2) is 4.21. The minimum atomic E-state index is -0.246. The first kappa shape index (κ1) is 11.4. The maximum atomic E-state index is 12.9. The number of imidazole rings is 1. The Morgan fingerprint density at radius 2 is 2.00 bits per heavy atom. The fraction of sp³-hybridized carbons (Fsp3) is 0.357. The van der Waals surface area contributed by atoms with E-state index in [4.69, 9.17) is 0 Å². The van der Waals surface area contributed by atoms with Gasteiger partial charge in [-0.1, -0.05) is 6.42 Å². The van der Waals surface area contributed by atoms with Crippen LogP contribution in [0, 0.1) is 5.82 Å². The first-order valence-corrected chi connectivity index (χ1v) is 6.16. The molecule has 1 heterocycles. The number of rotatable bonds is 3. The van der Waals surface area contributed by atoms with Gasteiger partial charge in [0, 0.05) is 0 Å². The lowest BCUT2D eigenvalue weighted by atomic mass is 9.69. The minimum absolute atomic E-state index is 0.128. The number of aliphatic hydroxyl groups excluding tert-OH is 1. The smallest absolute Gasteiger partial charge is 0.123 e. The number of aromatic amines is 1. The highest BCUT2D eigenvalue weighted by Crippen LogP contribution is 2.42. The molecule has 2 aromatic rings. The third-order valence-electron chi connectivity index (χ3n) is 3.85. The van der Waals surface area contributed by atoms with Gasteiger partial charge in [0.25, 0.3) is 0 Å². The number of hydrogen-bond acceptors (Lipinski definition) is 2. The van der Waals surface area contributed by atoms with Crippen molar-refractivity contribution in [3.8, 4) is 11.3 Å². The van der Waals surface area contributed by atoms with E-state index in [0.717, 1.165) is 36.3 Å². The number of nitrogens with zero attached hydrogens (tertiary/aromatic N) is 1. The number of H-pyrrole nitrogens is 1. The van der Waals surface area contributed by atoms with Crippen LogP contribution in [0.2, 0.25) is 0 Å². The molecule has 1 fully saturated rings. The van der Waals surface area contributed by atoms with Gasteiger partial charge in [-0.2, -0.15) is 0 Å². The summed E-state index contributed by atoms with van der Waals surface area (Å²) in [5, 5.41) is 9.50. The molecule has 0 bridgehead atoms. The molecule has 1 aromatic heterocycles. The predicted molar refractivity (Wildman–Crippen MR) is 66.6 cm³/mol. The van der Waals surface area contributed by atoms with Gasteiger partial charge >= 0.3 is 0 Å². The average Bonchev–Trinajstić information content (AvgIpc) is 2.79. The summed E-state index contributed by atoms with van der Waals surface area (Å²) < 4.78 is 12.9. The van der Waals surface area contributed by atoms with Crippen LogP contribution in [0.5, 0.6) is 0 Å². The molecule has 0 unspecified atom stereocenters. The molecule has 1 aromatic carbocycles. The first-order valence-electron chi connectivity index (χ1n) is 6.16. The summed E-state index contributed by atoms with van der Waals surface area (Å²) in [5.41, 5.74) is 1.59. The van der Waals surface area contributed by atoms with E-state index in [9.17, 15) is 9.50 Å². The predicted octanol–water partition coefficient (Wildman–Crippen LogP) is 2.63. The zero-order chi connectivity index (χ0) is 12.6. The fourth-order valence-corrected chi connectivity index (χ4v) is 2.44. The third-order valence-corrected chi connectivity index (χ3v) is 3.85. The van der Waals surface area contributed by atoms with E-state index in [1.165, 1.54) is 12.1 Å². The molecule has 1 saturated carbocycles. The van der Waals surface area contributed by atoms with Crippen molar-refractivity contribution in [2.75, 3.05) is 6.61 Å². The van der Waals surface area contributed by atoms with Crippen molar-refractivity contribution in [1.29, 1.82) is 0 Å². The van der Waals surface area contributed by atoms with Crippen molar-refractivity contribution in [3.05, 3.63) is 42.1 Å². The first-order chi connectivity index (χ1) is 8.73. The largest absolute Gasteiger partial charge is 0.395 e. The molecular weight excluding hydrogens is 231 g/mol. The van der Waals surface area contributed by atoms with E-state index >= 15 is 0 Å². The average molecular weight is 246 g/mol. The molecule has 0 amide bonds. The van der Waals surface area contributed by atoms with Gasteiger partial charge in [-0.05, 0) is 42.7 Å². The summed E-state index contributed by atoms with van der Waals surface area (Å²) in [6.07, 6.45) is 4.82. The van der Waals surface area contributed by atoms with E-state index in [0.29, 0.717) is 0 Å². The van der Waals surface area contributed by atoms with Crippen LogP contribution in [0.15, 0.2) is 30.5 Å². The number of hydrogen-bond donors (Lipinski definition) is 2. The van der Waals surface area contributed by atoms with Crippen LogP contribution in [0.1, 0.15) is 25.1 Å². The molecule has 3 nitrogen and oxygen atoms in total. The molecule has 3 rings (SSSR count). The van der Waals surface area contributed by atoms with E-state index in [-0.39, 0.29) is 17.8 Å². The quantitative estimate of drug-likeness (QED) is 0.874. The molecule has 0 spiro atoms. The normalized spacial score (nSPS) is 17.4. The van der Waals surface area contributed by atoms with Crippen LogP contribution in [0.3, 0.4) is 0 Å². The lowest BCUT2D eigenvalue weighted by Gasteiger charge is -2.38. The summed E-state index contributed by atoms with van der Waals surface area (Å²) in [6, 6.07) is 6.31. The van der Waals surface area contributed by atoms with Crippen LogP contribution >= 0.6 is 0 Å². The standard InChI is InChI=1S/C14H15FN2O/c15-11-4-2-10(3-5-11)12-8-16-13(17-12)14(9-18)6-1-7-14/h2-5,8,18H,1,6-7,9H2,(H,16,17).